The van der Waals surface area contributed by atoms with Crippen LogP contribution in [0.3, 0.4) is 0 Å². The number of benzene rings is 10. The molecule has 0 aliphatic rings. The van der Waals surface area contributed by atoms with Gasteiger partial charge < -0.3 is 9.47 Å². The minimum atomic E-state index is 1.09. The first-order valence-electron chi connectivity index (χ1n) is 20.6. The lowest BCUT2D eigenvalue weighted by Gasteiger charge is -2.26. The van der Waals surface area contributed by atoms with E-state index in [1.165, 1.54) is 77.1 Å². The van der Waals surface area contributed by atoms with Crippen molar-refractivity contribution in [3.63, 3.8) is 0 Å². The van der Waals surface area contributed by atoms with Crippen LogP contribution in [0.4, 0.5) is 17.1 Å². The van der Waals surface area contributed by atoms with Crippen LogP contribution in [0.25, 0.3) is 82.8 Å². The maximum absolute atomic E-state index is 2.38. The Bertz CT molecular complexity index is 3230. The van der Waals surface area contributed by atoms with E-state index >= 15 is 0 Å². The maximum Gasteiger partial charge on any atom is 0.0541 e. The average Bonchev–Trinajstić information content (AvgIpc) is 3.67. The highest BCUT2D eigenvalue weighted by Crippen LogP contribution is 2.40. The molecule has 1 heterocycles. The zero-order chi connectivity index (χ0) is 39.8. The molecule has 0 N–H and O–H groups in total. The Hall–Kier alpha value is -7.94. The van der Waals surface area contributed by atoms with Gasteiger partial charge in [-0.05, 0) is 122 Å². The van der Waals surface area contributed by atoms with Gasteiger partial charge in [-0.2, -0.15) is 0 Å². The van der Waals surface area contributed by atoms with E-state index in [9.17, 15) is 0 Å². The first kappa shape index (κ1) is 35.2. The highest BCUT2D eigenvalue weighted by molar-refractivity contribution is 6.09. The van der Waals surface area contributed by atoms with E-state index < -0.39 is 0 Å². The third-order valence-electron chi connectivity index (χ3n) is 11.8. The molecule has 0 aliphatic carbocycles. The fourth-order valence-electron chi connectivity index (χ4n) is 8.76. The van der Waals surface area contributed by atoms with Gasteiger partial charge in [-0.1, -0.05) is 176 Å². The van der Waals surface area contributed by atoms with Crippen LogP contribution in [-0.4, -0.2) is 4.57 Å². The lowest BCUT2D eigenvalue weighted by Crippen LogP contribution is -2.10. The van der Waals surface area contributed by atoms with Crippen LogP contribution in [0, 0.1) is 0 Å². The molecule has 0 saturated carbocycles. The molecule has 0 atom stereocenters. The zero-order valence-corrected chi connectivity index (χ0v) is 33.0. The van der Waals surface area contributed by atoms with Gasteiger partial charge in [-0.3, -0.25) is 0 Å². The first-order chi connectivity index (χ1) is 29.7. The van der Waals surface area contributed by atoms with Crippen LogP contribution in [0.1, 0.15) is 0 Å². The fourth-order valence-corrected chi connectivity index (χ4v) is 8.76. The predicted octanol–water partition coefficient (Wildman–Crippen LogP) is 16.1. The summed E-state index contributed by atoms with van der Waals surface area (Å²) < 4.78 is 2.38. The fraction of sp³-hybridized carbons (Fsp3) is 0. The Morgan fingerprint density at radius 2 is 0.683 bits per heavy atom. The van der Waals surface area contributed by atoms with E-state index in [4.69, 9.17) is 0 Å². The molecule has 0 spiro atoms. The maximum atomic E-state index is 2.38. The Kier molecular flexibility index (Phi) is 8.87. The third-order valence-corrected chi connectivity index (χ3v) is 11.8. The molecule has 0 amide bonds. The van der Waals surface area contributed by atoms with Gasteiger partial charge in [-0.25, -0.2) is 0 Å². The molecule has 0 radical (unpaired) electrons. The molecule has 60 heavy (non-hydrogen) atoms. The molecular weight excluding hydrogens is 725 g/mol. The van der Waals surface area contributed by atoms with Crippen molar-refractivity contribution in [1.82, 2.24) is 4.57 Å². The number of rotatable bonds is 8. The molecule has 0 bridgehead atoms. The molecular formula is C58H40N2. The number of aromatic nitrogens is 1. The molecule has 282 valence electrons. The number of anilines is 3. The second kappa shape index (κ2) is 15.1. The monoisotopic (exact) mass is 764 g/mol. The molecule has 0 aliphatic heterocycles. The van der Waals surface area contributed by atoms with E-state index in [0.717, 1.165) is 22.7 Å². The molecule has 0 saturated heterocycles. The van der Waals surface area contributed by atoms with Crippen LogP contribution in [-0.2, 0) is 0 Å². The van der Waals surface area contributed by atoms with Gasteiger partial charge in [0.2, 0.25) is 0 Å². The standard InChI is InChI=1S/C58H40N2/c1-2-12-41(13-3-1)43-24-26-44(27-25-43)45-30-34-51(35-31-45)59(53-18-11-17-49(40-53)50-29-28-42-14-4-5-15-47(42)38-50)52-36-32-46(33-37-52)48-16-10-19-54(39-48)60-57-22-8-6-20-55(57)56-21-7-9-23-58(56)60/h1-40H. The average molecular weight is 765 g/mol. The molecule has 1 aromatic heterocycles. The predicted molar refractivity (Wildman–Crippen MR) is 255 cm³/mol. The second-order valence-electron chi connectivity index (χ2n) is 15.4. The summed E-state index contributed by atoms with van der Waals surface area (Å²) in [5.41, 5.74) is 16.4. The topological polar surface area (TPSA) is 8.17 Å². The quantitative estimate of drug-likeness (QED) is 0.150. The van der Waals surface area contributed by atoms with Gasteiger partial charge in [-0.15, -0.1) is 0 Å². The molecule has 2 heteroatoms. The Labute approximate surface area is 350 Å². The Morgan fingerprint density at radius 3 is 1.32 bits per heavy atom. The van der Waals surface area contributed by atoms with Crippen LogP contribution < -0.4 is 4.90 Å². The first-order valence-corrected chi connectivity index (χ1v) is 20.6. The van der Waals surface area contributed by atoms with Crippen LogP contribution in [0.15, 0.2) is 243 Å². The van der Waals surface area contributed by atoms with Crippen molar-refractivity contribution in [3.8, 4) is 50.2 Å². The molecule has 10 aromatic carbocycles. The van der Waals surface area contributed by atoms with Crippen molar-refractivity contribution in [2.24, 2.45) is 0 Å². The lowest BCUT2D eigenvalue weighted by molar-refractivity contribution is 1.18. The minimum Gasteiger partial charge on any atom is -0.310 e. The van der Waals surface area contributed by atoms with Crippen molar-refractivity contribution in [2.75, 3.05) is 4.90 Å². The van der Waals surface area contributed by atoms with Crippen molar-refractivity contribution in [3.05, 3.63) is 243 Å². The molecule has 11 rings (SSSR count). The smallest absolute Gasteiger partial charge is 0.0541 e. The summed E-state index contributed by atoms with van der Waals surface area (Å²) in [6.07, 6.45) is 0. The number of hydrogen-bond donors (Lipinski definition) is 0. The summed E-state index contributed by atoms with van der Waals surface area (Å²) in [6, 6.07) is 87.8. The van der Waals surface area contributed by atoms with E-state index in [1.54, 1.807) is 0 Å². The van der Waals surface area contributed by atoms with Crippen molar-refractivity contribution < 1.29 is 0 Å². The van der Waals surface area contributed by atoms with E-state index in [0.29, 0.717) is 0 Å². The van der Waals surface area contributed by atoms with Gasteiger partial charge >= 0.3 is 0 Å². The Balaban J connectivity index is 0.964. The molecule has 0 fully saturated rings. The number of para-hydroxylation sites is 2. The van der Waals surface area contributed by atoms with Gasteiger partial charge in [0.1, 0.15) is 0 Å². The van der Waals surface area contributed by atoms with E-state index in [1.807, 2.05) is 0 Å². The summed E-state index contributed by atoms with van der Waals surface area (Å²) >= 11 is 0. The minimum absolute atomic E-state index is 1.09. The highest BCUT2D eigenvalue weighted by Gasteiger charge is 2.16. The number of nitrogens with zero attached hydrogens (tertiary/aromatic N) is 2. The van der Waals surface area contributed by atoms with Crippen LogP contribution >= 0.6 is 0 Å². The Morgan fingerprint density at radius 1 is 0.250 bits per heavy atom. The van der Waals surface area contributed by atoms with Gasteiger partial charge in [0.15, 0.2) is 0 Å². The summed E-state index contributed by atoms with van der Waals surface area (Å²) in [7, 11) is 0. The highest BCUT2D eigenvalue weighted by atomic mass is 15.1. The normalized spacial score (nSPS) is 11.3. The molecule has 0 unspecified atom stereocenters. The van der Waals surface area contributed by atoms with Gasteiger partial charge in [0.25, 0.3) is 0 Å². The molecule has 2 nitrogen and oxygen atoms in total. The number of fused-ring (bicyclic) bond motifs is 4. The van der Waals surface area contributed by atoms with Crippen LogP contribution in [0.2, 0.25) is 0 Å². The summed E-state index contributed by atoms with van der Waals surface area (Å²) in [5.74, 6) is 0. The lowest BCUT2D eigenvalue weighted by atomic mass is 9.99. The summed E-state index contributed by atoms with van der Waals surface area (Å²) in [5, 5.41) is 5.01. The van der Waals surface area contributed by atoms with Crippen LogP contribution in [0.5, 0.6) is 0 Å². The van der Waals surface area contributed by atoms with Crippen molar-refractivity contribution >= 4 is 49.6 Å². The SMILES string of the molecule is c1ccc(-c2ccc(-c3ccc(N(c4ccc(-c5cccc(-n6c7ccccc7c7ccccc76)c5)cc4)c4cccc(-c5ccc6ccccc6c5)c4)cc3)cc2)cc1. The third kappa shape index (κ3) is 6.51. The van der Waals surface area contributed by atoms with E-state index in [2.05, 4.69) is 252 Å². The zero-order valence-electron chi connectivity index (χ0n) is 33.0. The van der Waals surface area contributed by atoms with Crippen molar-refractivity contribution in [1.29, 1.82) is 0 Å². The summed E-state index contributed by atoms with van der Waals surface area (Å²) in [4.78, 5) is 2.37. The molecule has 11 aromatic rings. The largest absolute Gasteiger partial charge is 0.310 e. The van der Waals surface area contributed by atoms with Gasteiger partial charge in [0.05, 0.1) is 11.0 Å². The van der Waals surface area contributed by atoms with Crippen molar-refractivity contribution in [2.45, 2.75) is 0 Å². The second-order valence-corrected chi connectivity index (χ2v) is 15.4. The number of hydrogen-bond acceptors (Lipinski definition) is 1. The van der Waals surface area contributed by atoms with E-state index in [-0.39, 0.29) is 0 Å². The van der Waals surface area contributed by atoms with Gasteiger partial charge in [0, 0.05) is 33.5 Å². The summed E-state index contributed by atoms with van der Waals surface area (Å²) in [6.45, 7) is 0.